The summed E-state index contributed by atoms with van der Waals surface area (Å²) in [5, 5.41) is 3.50. The van der Waals surface area contributed by atoms with Crippen LogP contribution in [0, 0.1) is 0 Å². The van der Waals surface area contributed by atoms with E-state index in [1.807, 2.05) is 0 Å². The highest BCUT2D eigenvalue weighted by atomic mass is 32.2. The van der Waals surface area contributed by atoms with Gasteiger partial charge in [0.05, 0.1) is 11.2 Å². The molecular weight excluding hydrogens is 390 g/mol. The second-order valence-corrected chi connectivity index (χ2v) is 8.86. The van der Waals surface area contributed by atoms with E-state index in [-0.39, 0.29) is 24.0 Å². The van der Waals surface area contributed by atoms with Crippen LogP contribution in [0.15, 0.2) is 63.4 Å². The van der Waals surface area contributed by atoms with Gasteiger partial charge in [-0.3, -0.25) is 4.79 Å². The minimum Gasteiger partial charge on any atom is -0.459 e. The summed E-state index contributed by atoms with van der Waals surface area (Å²) in [5.41, 5.74) is 0. The third kappa shape index (κ3) is 3.43. The van der Waals surface area contributed by atoms with Crippen molar-refractivity contribution < 1.29 is 27.1 Å². The van der Waals surface area contributed by atoms with Gasteiger partial charge in [0.25, 0.3) is 5.91 Å². The number of ether oxygens (including phenoxy) is 2. The van der Waals surface area contributed by atoms with E-state index in [9.17, 15) is 13.2 Å². The maximum atomic E-state index is 13.3. The number of furan rings is 1. The van der Waals surface area contributed by atoms with Gasteiger partial charge in [0.15, 0.2) is 27.1 Å². The summed E-state index contributed by atoms with van der Waals surface area (Å²) < 4.78 is 42.1. The van der Waals surface area contributed by atoms with Crippen LogP contribution < -0.4 is 14.8 Å². The molecule has 1 amide bonds. The monoisotopic (exact) mass is 405 g/mol. The van der Waals surface area contributed by atoms with Gasteiger partial charge in [-0.2, -0.15) is 0 Å². The smallest absolute Gasteiger partial charge is 0.287 e. The number of benzene rings is 1. The Hall–Kier alpha value is -2.78. The molecule has 1 atom stereocenters. The lowest BCUT2D eigenvalue weighted by Gasteiger charge is -2.17. The van der Waals surface area contributed by atoms with E-state index >= 15 is 0 Å². The second-order valence-electron chi connectivity index (χ2n) is 5.75. The molecule has 1 aliphatic rings. The largest absolute Gasteiger partial charge is 0.459 e. The van der Waals surface area contributed by atoms with E-state index in [1.54, 1.807) is 29.6 Å². The van der Waals surface area contributed by atoms with Crippen LogP contribution in [-0.4, -0.2) is 27.7 Å². The molecule has 0 spiro atoms. The van der Waals surface area contributed by atoms with Crippen LogP contribution in [0.2, 0.25) is 0 Å². The number of hydrogen-bond donors (Lipinski definition) is 1. The number of sulfone groups is 1. The van der Waals surface area contributed by atoms with Crippen molar-refractivity contribution in [1.82, 2.24) is 5.32 Å². The first kappa shape index (κ1) is 17.6. The van der Waals surface area contributed by atoms with Gasteiger partial charge in [-0.15, -0.1) is 11.3 Å². The Bertz CT molecular complexity index is 1040. The lowest BCUT2D eigenvalue weighted by atomic mass is 10.3. The fraction of sp³-hybridized carbons (Fsp3) is 0.167. The molecule has 0 saturated carbocycles. The molecule has 140 valence electrons. The highest BCUT2D eigenvalue weighted by Gasteiger charge is 2.32. The summed E-state index contributed by atoms with van der Waals surface area (Å²) in [4.78, 5) is 12.9. The number of thiophene rings is 1. The quantitative estimate of drug-likeness (QED) is 0.677. The van der Waals surface area contributed by atoms with Crippen molar-refractivity contribution in [3.8, 4) is 11.5 Å². The number of carbonyl (C=O) groups is 1. The van der Waals surface area contributed by atoms with E-state index in [0.717, 1.165) is 0 Å². The molecule has 1 aromatic carbocycles. The molecule has 2 aromatic heterocycles. The molecule has 9 heteroatoms. The lowest BCUT2D eigenvalue weighted by Crippen LogP contribution is -2.31. The molecule has 1 N–H and O–H groups in total. The minimum atomic E-state index is -3.78. The molecule has 7 nitrogen and oxygen atoms in total. The molecular formula is C18H15NO6S2. The van der Waals surface area contributed by atoms with Gasteiger partial charge >= 0.3 is 0 Å². The summed E-state index contributed by atoms with van der Waals surface area (Å²) in [5.74, 6) is 0.552. The Morgan fingerprint density at radius 1 is 1.15 bits per heavy atom. The average Bonchev–Trinajstić information content (AvgIpc) is 3.42. The Balaban J connectivity index is 1.63. The van der Waals surface area contributed by atoms with Crippen molar-refractivity contribution >= 4 is 27.1 Å². The molecule has 0 radical (unpaired) electrons. The molecule has 3 heterocycles. The Morgan fingerprint density at radius 3 is 2.74 bits per heavy atom. The molecule has 0 aliphatic carbocycles. The summed E-state index contributed by atoms with van der Waals surface area (Å²) in [6.07, 6.45) is 1.38. The van der Waals surface area contributed by atoms with Crippen molar-refractivity contribution in [2.24, 2.45) is 0 Å². The predicted octanol–water partition coefficient (Wildman–Crippen LogP) is 3.01. The first-order chi connectivity index (χ1) is 13.1. The van der Waals surface area contributed by atoms with Crippen LogP contribution in [0.3, 0.4) is 0 Å². The van der Waals surface area contributed by atoms with Crippen LogP contribution in [0.4, 0.5) is 0 Å². The van der Waals surface area contributed by atoms with Gasteiger partial charge in [-0.25, -0.2) is 8.42 Å². The maximum absolute atomic E-state index is 13.3. The number of amides is 1. The maximum Gasteiger partial charge on any atom is 0.287 e. The van der Waals surface area contributed by atoms with Crippen LogP contribution in [0.5, 0.6) is 11.5 Å². The molecule has 4 rings (SSSR count). The third-order valence-corrected chi connectivity index (χ3v) is 7.32. The Kier molecular flexibility index (Phi) is 4.63. The molecule has 0 unspecified atom stereocenters. The fourth-order valence-electron chi connectivity index (χ4n) is 2.74. The van der Waals surface area contributed by atoms with Crippen LogP contribution in [-0.2, 0) is 9.84 Å². The van der Waals surface area contributed by atoms with Crippen molar-refractivity contribution in [2.75, 3.05) is 13.3 Å². The zero-order valence-corrected chi connectivity index (χ0v) is 15.6. The zero-order chi connectivity index (χ0) is 18.9. The number of fused-ring (bicyclic) bond motifs is 1. The fourth-order valence-corrected chi connectivity index (χ4v) is 5.53. The Morgan fingerprint density at radius 2 is 2.00 bits per heavy atom. The molecule has 0 bridgehead atoms. The van der Waals surface area contributed by atoms with Gasteiger partial charge in [-0.1, -0.05) is 6.07 Å². The van der Waals surface area contributed by atoms with E-state index in [0.29, 0.717) is 16.4 Å². The first-order valence-corrected chi connectivity index (χ1v) is 10.5. The highest BCUT2D eigenvalue weighted by molar-refractivity contribution is 7.91. The average molecular weight is 405 g/mol. The molecule has 1 aliphatic heterocycles. The van der Waals surface area contributed by atoms with Gasteiger partial charge in [0, 0.05) is 17.5 Å². The van der Waals surface area contributed by atoms with E-state index in [4.69, 9.17) is 13.9 Å². The van der Waals surface area contributed by atoms with Gasteiger partial charge in [0.1, 0.15) is 5.25 Å². The third-order valence-electron chi connectivity index (χ3n) is 4.10. The van der Waals surface area contributed by atoms with Crippen LogP contribution >= 0.6 is 11.3 Å². The highest BCUT2D eigenvalue weighted by Crippen LogP contribution is 2.38. The summed E-state index contributed by atoms with van der Waals surface area (Å²) in [6.45, 7) is -0.0246. The minimum absolute atomic E-state index is 0.0619. The van der Waals surface area contributed by atoms with Crippen LogP contribution in [0.1, 0.15) is 20.7 Å². The molecule has 0 fully saturated rings. The van der Waals surface area contributed by atoms with E-state index < -0.39 is 21.0 Å². The lowest BCUT2D eigenvalue weighted by molar-refractivity contribution is 0.0926. The summed E-state index contributed by atoms with van der Waals surface area (Å²) >= 11 is 1.32. The van der Waals surface area contributed by atoms with Crippen molar-refractivity contribution in [3.05, 3.63) is 64.7 Å². The number of rotatable bonds is 6. The van der Waals surface area contributed by atoms with Gasteiger partial charge < -0.3 is 19.2 Å². The van der Waals surface area contributed by atoms with E-state index in [1.165, 1.54) is 35.8 Å². The van der Waals surface area contributed by atoms with Crippen molar-refractivity contribution in [3.63, 3.8) is 0 Å². The number of nitrogens with one attached hydrogen (secondary N) is 1. The Labute approximate surface area is 159 Å². The summed E-state index contributed by atoms with van der Waals surface area (Å²) in [6, 6.07) is 11.1. The summed E-state index contributed by atoms with van der Waals surface area (Å²) in [7, 11) is -3.78. The second kappa shape index (κ2) is 7.09. The van der Waals surface area contributed by atoms with Crippen molar-refractivity contribution in [1.29, 1.82) is 0 Å². The molecule has 0 saturated heterocycles. The number of carbonyl (C=O) groups excluding carboxylic acids is 1. The zero-order valence-electron chi connectivity index (χ0n) is 14.0. The van der Waals surface area contributed by atoms with Gasteiger partial charge in [0.2, 0.25) is 6.79 Å². The van der Waals surface area contributed by atoms with Gasteiger partial charge in [-0.05, 0) is 35.7 Å². The predicted molar refractivity (Wildman–Crippen MR) is 97.9 cm³/mol. The first-order valence-electron chi connectivity index (χ1n) is 8.04. The van der Waals surface area contributed by atoms with Crippen molar-refractivity contribution in [2.45, 2.75) is 10.1 Å². The normalized spacial score (nSPS) is 14.1. The topological polar surface area (TPSA) is 94.8 Å². The number of hydrogen-bond acceptors (Lipinski definition) is 7. The molecule has 27 heavy (non-hydrogen) atoms. The van der Waals surface area contributed by atoms with Crippen LogP contribution in [0.25, 0.3) is 0 Å². The standard InChI is InChI=1S/C18H15NO6S2/c20-18(14-3-1-7-23-14)19-10-17(16-4-2-8-26-16)27(21,22)12-5-6-13-15(9-12)25-11-24-13/h1-9,17H,10-11H2,(H,19,20)/t17-/m1/s1. The molecule has 3 aromatic rings. The SMILES string of the molecule is O=C(NC[C@H](c1cccs1)S(=O)(=O)c1ccc2c(c1)OCO2)c1ccco1. The van der Waals surface area contributed by atoms with E-state index in [2.05, 4.69) is 5.32 Å².